The number of hydrogen-bond donors (Lipinski definition) is 4. The third-order valence-electron chi connectivity index (χ3n) is 5.41. The molecule has 2 aliphatic heterocycles. The van der Waals surface area contributed by atoms with Gasteiger partial charge in [-0.1, -0.05) is 6.42 Å². The minimum atomic E-state index is -0.686. The number of ether oxygens (including phenoxy) is 1. The van der Waals surface area contributed by atoms with Crippen LogP contribution in [0.1, 0.15) is 65.7 Å². The molecule has 2 rings (SSSR count). The first kappa shape index (κ1) is 23.6. The molecule has 1 unspecified atom stereocenters. The maximum absolute atomic E-state index is 12.7. The van der Waals surface area contributed by atoms with E-state index < -0.39 is 17.7 Å². The van der Waals surface area contributed by atoms with Crippen LogP contribution >= 0.6 is 0 Å². The van der Waals surface area contributed by atoms with Crippen molar-refractivity contribution >= 4 is 17.8 Å². The van der Waals surface area contributed by atoms with Crippen LogP contribution in [0.2, 0.25) is 0 Å². The second-order valence-electron chi connectivity index (χ2n) is 9.11. The summed E-state index contributed by atoms with van der Waals surface area (Å²) in [4.78, 5) is 37.3. The highest BCUT2D eigenvalue weighted by Gasteiger charge is 2.28. The Bertz CT molecular complexity index is 549. The number of amides is 2. The molecular formula is C21H38N4O4. The summed E-state index contributed by atoms with van der Waals surface area (Å²) in [5.41, 5.74) is -0.629. The van der Waals surface area contributed by atoms with Gasteiger partial charge < -0.3 is 26.0 Å². The molecule has 8 heteroatoms. The molecule has 0 aromatic heterocycles. The lowest BCUT2D eigenvalue weighted by Gasteiger charge is -2.28. The summed E-state index contributed by atoms with van der Waals surface area (Å²) in [5, 5.41) is 12.2. The van der Waals surface area contributed by atoms with Crippen molar-refractivity contribution < 1.29 is 19.1 Å². The zero-order valence-corrected chi connectivity index (χ0v) is 18.1. The van der Waals surface area contributed by atoms with E-state index in [0.717, 1.165) is 51.7 Å². The molecule has 0 spiro atoms. The predicted molar refractivity (Wildman–Crippen MR) is 112 cm³/mol. The van der Waals surface area contributed by atoms with Gasteiger partial charge in [0.15, 0.2) is 0 Å². The van der Waals surface area contributed by atoms with Crippen molar-refractivity contribution in [3.8, 4) is 0 Å². The van der Waals surface area contributed by atoms with Crippen molar-refractivity contribution in [3.63, 3.8) is 0 Å². The highest BCUT2D eigenvalue weighted by Crippen LogP contribution is 2.15. The molecule has 166 valence electrons. The van der Waals surface area contributed by atoms with Crippen molar-refractivity contribution in [2.24, 2.45) is 5.92 Å². The van der Waals surface area contributed by atoms with Gasteiger partial charge in [0.05, 0.1) is 0 Å². The first-order chi connectivity index (χ1) is 13.7. The van der Waals surface area contributed by atoms with Crippen molar-refractivity contribution in [1.29, 1.82) is 0 Å². The minimum absolute atomic E-state index is 0.0928. The van der Waals surface area contributed by atoms with E-state index in [1.807, 2.05) is 0 Å². The first-order valence-corrected chi connectivity index (χ1v) is 11.0. The molecule has 0 aliphatic carbocycles. The zero-order valence-electron chi connectivity index (χ0n) is 18.1. The van der Waals surface area contributed by atoms with Gasteiger partial charge >= 0.3 is 6.09 Å². The fourth-order valence-corrected chi connectivity index (χ4v) is 3.87. The Hall–Kier alpha value is -1.67. The molecule has 0 aromatic rings. The van der Waals surface area contributed by atoms with E-state index in [1.165, 1.54) is 0 Å². The average Bonchev–Trinajstić information content (AvgIpc) is 2.67. The zero-order chi connectivity index (χ0) is 21.3. The fourth-order valence-electron chi connectivity index (χ4n) is 3.87. The van der Waals surface area contributed by atoms with Gasteiger partial charge in [0.2, 0.25) is 5.91 Å². The maximum Gasteiger partial charge on any atom is 0.408 e. The second kappa shape index (κ2) is 11.5. The van der Waals surface area contributed by atoms with Crippen LogP contribution in [0.4, 0.5) is 4.79 Å². The Balaban J connectivity index is 1.84. The largest absolute Gasteiger partial charge is 0.444 e. The molecule has 2 amide bonds. The van der Waals surface area contributed by atoms with Gasteiger partial charge in [-0.3, -0.25) is 9.59 Å². The summed E-state index contributed by atoms with van der Waals surface area (Å²) in [5.74, 6) is 0.0361. The van der Waals surface area contributed by atoms with Crippen LogP contribution in [-0.4, -0.2) is 61.6 Å². The van der Waals surface area contributed by atoms with E-state index in [4.69, 9.17) is 4.74 Å². The Labute approximate surface area is 174 Å². The highest BCUT2D eigenvalue weighted by molar-refractivity contribution is 5.86. The molecule has 29 heavy (non-hydrogen) atoms. The molecule has 2 heterocycles. The Morgan fingerprint density at radius 3 is 2.41 bits per heavy atom. The van der Waals surface area contributed by atoms with Crippen LogP contribution < -0.4 is 21.3 Å². The molecule has 8 nitrogen and oxygen atoms in total. The number of hydrogen-bond acceptors (Lipinski definition) is 6. The number of rotatable bonds is 8. The quantitative estimate of drug-likeness (QED) is 0.483. The topological polar surface area (TPSA) is 109 Å². The van der Waals surface area contributed by atoms with Gasteiger partial charge in [0.1, 0.15) is 17.4 Å². The smallest absolute Gasteiger partial charge is 0.408 e. The van der Waals surface area contributed by atoms with E-state index >= 15 is 0 Å². The van der Waals surface area contributed by atoms with Crippen LogP contribution in [0.5, 0.6) is 0 Å². The number of alkyl carbamates (subject to hydrolysis) is 1. The Kier molecular flexibility index (Phi) is 9.36. The fraction of sp³-hybridized carbons (Fsp3) is 0.857. The summed E-state index contributed by atoms with van der Waals surface area (Å²) in [6.45, 7) is 8.34. The van der Waals surface area contributed by atoms with Gasteiger partial charge in [0.25, 0.3) is 0 Å². The molecule has 2 atom stereocenters. The summed E-state index contributed by atoms with van der Waals surface area (Å²) < 4.78 is 5.32. The van der Waals surface area contributed by atoms with Crippen LogP contribution in [0, 0.1) is 5.92 Å². The molecule has 0 radical (unpaired) electrons. The molecule has 2 saturated heterocycles. The average molecular weight is 411 g/mol. The number of nitrogens with one attached hydrogen (secondary N) is 4. The van der Waals surface area contributed by atoms with E-state index in [9.17, 15) is 14.4 Å². The standard InChI is InChI=1S/C21H38N4O4/c1-21(2,3)29-20(28)25-17(14-16-6-4-5-10-23-16)19(27)24-13-9-18(26)15-7-11-22-12-8-15/h15-17,22-23H,4-14H2,1-3H3,(H,24,27)(H,25,28)/t16?,17-/m0/s1. The predicted octanol–water partition coefficient (Wildman–Crippen LogP) is 1.49. The monoisotopic (exact) mass is 410 g/mol. The molecule has 0 saturated carbocycles. The number of Topliss-reactive ketones (excluding diaryl/α,β-unsaturated/α-hetero) is 1. The minimum Gasteiger partial charge on any atom is -0.444 e. The van der Waals surface area contributed by atoms with Crippen molar-refractivity contribution in [3.05, 3.63) is 0 Å². The first-order valence-electron chi connectivity index (χ1n) is 11.0. The summed E-state index contributed by atoms with van der Waals surface area (Å²) in [6.07, 6.45) is 5.19. The molecular weight excluding hydrogens is 372 g/mol. The normalized spacial score (nSPS) is 21.8. The van der Waals surface area contributed by atoms with Crippen molar-refractivity contribution in [1.82, 2.24) is 21.3 Å². The number of ketones is 1. The SMILES string of the molecule is CC(C)(C)OC(=O)N[C@@H](CC1CCCCN1)C(=O)NCCC(=O)C1CCNCC1. The van der Waals surface area contributed by atoms with E-state index in [1.54, 1.807) is 20.8 Å². The highest BCUT2D eigenvalue weighted by atomic mass is 16.6. The van der Waals surface area contributed by atoms with Crippen molar-refractivity contribution in [2.45, 2.75) is 83.4 Å². The van der Waals surface area contributed by atoms with Gasteiger partial charge in [-0.05, 0) is 72.5 Å². The Morgan fingerprint density at radius 1 is 1.07 bits per heavy atom. The van der Waals surface area contributed by atoms with Crippen molar-refractivity contribution in [2.75, 3.05) is 26.2 Å². The van der Waals surface area contributed by atoms with Gasteiger partial charge in [-0.15, -0.1) is 0 Å². The van der Waals surface area contributed by atoms with Crippen LogP contribution in [-0.2, 0) is 14.3 Å². The molecule has 2 aliphatic rings. The lowest BCUT2D eigenvalue weighted by atomic mass is 9.92. The lowest BCUT2D eigenvalue weighted by molar-refractivity contribution is -0.125. The molecule has 2 fully saturated rings. The third kappa shape index (κ3) is 9.12. The number of carbonyl (C=O) groups is 3. The second-order valence-corrected chi connectivity index (χ2v) is 9.11. The summed E-state index contributed by atoms with van der Waals surface area (Å²) >= 11 is 0. The van der Waals surface area contributed by atoms with Gasteiger partial charge in [-0.2, -0.15) is 0 Å². The molecule has 0 aromatic carbocycles. The molecule has 4 N–H and O–H groups in total. The van der Waals surface area contributed by atoms with Gasteiger partial charge in [-0.25, -0.2) is 4.79 Å². The van der Waals surface area contributed by atoms with Crippen LogP contribution in [0.3, 0.4) is 0 Å². The van der Waals surface area contributed by atoms with Crippen LogP contribution in [0.25, 0.3) is 0 Å². The number of carbonyl (C=O) groups excluding carboxylic acids is 3. The van der Waals surface area contributed by atoms with E-state index in [0.29, 0.717) is 19.4 Å². The molecule has 0 bridgehead atoms. The van der Waals surface area contributed by atoms with E-state index in [-0.39, 0.29) is 23.7 Å². The summed E-state index contributed by atoms with van der Waals surface area (Å²) in [6, 6.07) is -0.500. The van der Waals surface area contributed by atoms with Crippen LogP contribution in [0.15, 0.2) is 0 Å². The third-order valence-corrected chi connectivity index (χ3v) is 5.41. The summed E-state index contributed by atoms with van der Waals surface area (Å²) in [7, 11) is 0. The Morgan fingerprint density at radius 2 is 1.79 bits per heavy atom. The lowest BCUT2D eigenvalue weighted by Crippen LogP contribution is -2.52. The van der Waals surface area contributed by atoms with E-state index in [2.05, 4.69) is 21.3 Å². The van der Waals surface area contributed by atoms with Gasteiger partial charge in [0, 0.05) is 24.9 Å². The number of piperidine rings is 2. The maximum atomic E-state index is 12.7.